The molecule has 2 rings (SSSR count). The van der Waals surface area contributed by atoms with Crippen molar-refractivity contribution < 1.29 is 31.2 Å². The largest absolute Gasteiger partial charge is 0.405 e. The first-order chi connectivity index (χ1) is 11.6. The minimum atomic E-state index is -4.55. The number of sulfone groups is 1. The van der Waals surface area contributed by atoms with Crippen LogP contribution in [-0.2, 0) is 14.6 Å². The number of hydrogen-bond donors (Lipinski definition) is 2. The van der Waals surface area contributed by atoms with Crippen LogP contribution >= 0.6 is 0 Å². The summed E-state index contributed by atoms with van der Waals surface area (Å²) in [7, 11) is -3.29. The molecule has 0 spiro atoms. The maximum atomic E-state index is 12.2. The van der Waals surface area contributed by atoms with Crippen molar-refractivity contribution in [2.75, 3.05) is 17.6 Å². The van der Waals surface area contributed by atoms with Crippen molar-refractivity contribution in [1.82, 2.24) is 5.32 Å². The van der Waals surface area contributed by atoms with Crippen LogP contribution in [-0.4, -0.2) is 38.7 Å². The molecule has 2 N–H and O–H groups in total. The van der Waals surface area contributed by atoms with Gasteiger partial charge in [0.05, 0.1) is 17.0 Å². The van der Waals surface area contributed by atoms with E-state index in [-0.39, 0.29) is 23.4 Å². The first kappa shape index (κ1) is 19.0. The maximum absolute atomic E-state index is 12.2. The third-order valence-corrected chi connectivity index (χ3v) is 4.81. The SMILES string of the molecule is O=C(CC1C=CS(=O)(=O)C1)Nc1ccccc1C(=O)NCC(F)(F)F. The van der Waals surface area contributed by atoms with Gasteiger partial charge >= 0.3 is 6.18 Å². The molecule has 0 saturated heterocycles. The van der Waals surface area contributed by atoms with Crippen LogP contribution in [0, 0.1) is 5.92 Å². The van der Waals surface area contributed by atoms with E-state index < -0.39 is 40.3 Å². The minimum Gasteiger partial charge on any atom is -0.343 e. The van der Waals surface area contributed by atoms with Crippen molar-refractivity contribution in [3.63, 3.8) is 0 Å². The molecule has 10 heteroatoms. The fraction of sp³-hybridized carbons (Fsp3) is 0.333. The summed E-state index contributed by atoms with van der Waals surface area (Å²) in [6.45, 7) is -1.49. The summed E-state index contributed by atoms with van der Waals surface area (Å²) in [5.74, 6) is -2.16. The van der Waals surface area contributed by atoms with Crippen LogP contribution < -0.4 is 10.6 Å². The Morgan fingerprint density at radius 2 is 1.88 bits per heavy atom. The number of halogens is 3. The number of carbonyl (C=O) groups excluding carboxylic acids is 2. The number of anilines is 1. The number of hydrogen-bond acceptors (Lipinski definition) is 4. The molecule has 0 fully saturated rings. The molecule has 0 saturated carbocycles. The Balaban J connectivity index is 2.01. The highest BCUT2D eigenvalue weighted by Crippen LogP contribution is 2.21. The van der Waals surface area contributed by atoms with Crippen molar-refractivity contribution in [3.8, 4) is 0 Å². The summed E-state index contributed by atoms with van der Waals surface area (Å²) in [5.41, 5.74) is -0.0632. The van der Waals surface area contributed by atoms with E-state index in [1.54, 1.807) is 5.32 Å². The molecule has 0 bridgehead atoms. The Kier molecular flexibility index (Phi) is 5.51. The van der Waals surface area contributed by atoms with E-state index in [0.717, 1.165) is 5.41 Å². The third-order valence-electron chi connectivity index (χ3n) is 3.35. The normalized spacial score (nSPS) is 18.8. The summed E-state index contributed by atoms with van der Waals surface area (Å²) in [6.07, 6.45) is -3.25. The van der Waals surface area contributed by atoms with E-state index in [4.69, 9.17) is 0 Å². The van der Waals surface area contributed by atoms with Crippen molar-refractivity contribution in [2.45, 2.75) is 12.6 Å². The predicted octanol–water partition coefficient (Wildman–Crippen LogP) is 1.87. The molecule has 25 heavy (non-hydrogen) atoms. The van der Waals surface area contributed by atoms with Gasteiger partial charge in [0.1, 0.15) is 6.54 Å². The second-order valence-electron chi connectivity index (χ2n) is 5.51. The van der Waals surface area contributed by atoms with Crippen molar-refractivity contribution in [3.05, 3.63) is 41.3 Å². The average molecular weight is 376 g/mol. The molecule has 136 valence electrons. The lowest BCUT2D eigenvalue weighted by Gasteiger charge is -2.13. The topological polar surface area (TPSA) is 92.3 Å². The zero-order valence-electron chi connectivity index (χ0n) is 12.8. The Morgan fingerprint density at radius 1 is 1.20 bits per heavy atom. The number of rotatable bonds is 5. The van der Waals surface area contributed by atoms with Crippen LogP contribution in [0.25, 0.3) is 0 Å². The molecule has 0 aliphatic carbocycles. The Hall–Kier alpha value is -2.36. The lowest BCUT2D eigenvalue weighted by Crippen LogP contribution is -2.34. The molecule has 1 aromatic carbocycles. The van der Waals surface area contributed by atoms with Crippen LogP contribution in [0.5, 0.6) is 0 Å². The molecule has 1 aliphatic heterocycles. The summed E-state index contributed by atoms with van der Waals surface area (Å²) in [5, 5.41) is 5.21. The number of para-hydroxylation sites is 1. The molecule has 1 aromatic rings. The minimum absolute atomic E-state index is 0.0528. The highest BCUT2D eigenvalue weighted by atomic mass is 32.2. The molecule has 2 amide bonds. The van der Waals surface area contributed by atoms with Crippen molar-refractivity contribution in [1.29, 1.82) is 0 Å². The van der Waals surface area contributed by atoms with Gasteiger partial charge < -0.3 is 10.6 Å². The van der Waals surface area contributed by atoms with Crippen LogP contribution in [0.3, 0.4) is 0 Å². The molecule has 1 heterocycles. The molecule has 1 aliphatic rings. The van der Waals surface area contributed by atoms with Crippen LogP contribution in [0.15, 0.2) is 35.7 Å². The van der Waals surface area contributed by atoms with E-state index in [9.17, 15) is 31.2 Å². The number of allylic oxidation sites excluding steroid dienone is 1. The monoisotopic (exact) mass is 376 g/mol. The van der Waals surface area contributed by atoms with Crippen molar-refractivity contribution in [2.24, 2.45) is 5.92 Å². The van der Waals surface area contributed by atoms with Gasteiger partial charge in [0, 0.05) is 17.7 Å². The highest BCUT2D eigenvalue weighted by Gasteiger charge is 2.28. The maximum Gasteiger partial charge on any atom is 0.405 e. The van der Waals surface area contributed by atoms with Gasteiger partial charge in [0.15, 0.2) is 9.84 Å². The lowest BCUT2D eigenvalue weighted by molar-refractivity contribution is -0.123. The Bertz CT molecular complexity index is 803. The lowest BCUT2D eigenvalue weighted by atomic mass is 10.1. The highest BCUT2D eigenvalue weighted by molar-refractivity contribution is 7.94. The van der Waals surface area contributed by atoms with Crippen LogP contribution in [0.4, 0.5) is 18.9 Å². The molecule has 1 unspecified atom stereocenters. The van der Waals surface area contributed by atoms with Gasteiger partial charge in [-0.2, -0.15) is 13.2 Å². The van der Waals surface area contributed by atoms with E-state index in [2.05, 4.69) is 5.32 Å². The van der Waals surface area contributed by atoms with E-state index in [1.165, 1.54) is 30.3 Å². The van der Waals surface area contributed by atoms with Gasteiger partial charge in [0.2, 0.25) is 5.91 Å². The second kappa shape index (κ2) is 7.26. The third kappa shape index (κ3) is 5.89. The van der Waals surface area contributed by atoms with Crippen molar-refractivity contribution >= 4 is 27.3 Å². The number of amides is 2. The van der Waals surface area contributed by atoms with E-state index >= 15 is 0 Å². The van der Waals surface area contributed by atoms with Gasteiger partial charge in [-0.25, -0.2) is 8.42 Å². The quantitative estimate of drug-likeness (QED) is 0.821. The molecule has 1 atom stereocenters. The predicted molar refractivity (Wildman–Crippen MR) is 84.5 cm³/mol. The number of nitrogens with one attached hydrogen (secondary N) is 2. The number of carbonyl (C=O) groups is 2. The summed E-state index contributed by atoms with van der Waals surface area (Å²) >= 11 is 0. The Morgan fingerprint density at radius 3 is 2.48 bits per heavy atom. The van der Waals surface area contributed by atoms with Gasteiger partial charge in [-0.15, -0.1) is 0 Å². The number of alkyl halides is 3. The zero-order chi connectivity index (χ0) is 18.7. The summed E-state index contributed by atoms with van der Waals surface area (Å²) in [6, 6.07) is 5.61. The standard InChI is InChI=1S/C15H15F3N2O4S/c16-15(17,18)9-19-14(22)11-3-1-2-4-12(11)20-13(21)7-10-5-6-25(23,24)8-10/h1-6,10H,7-9H2,(H,19,22)(H,20,21). The smallest absolute Gasteiger partial charge is 0.343 e. The first-order valence-electron chi connectivity index (χ1n) is 7.20. The average Bonchev–Trinajstić information content (AvgIpc) is 2.83. The molecule has 0 aromatic heterocycles. The first-order valence-corrected chi connectivity index (χ1v) is 8.92. The van der Waals surface area contributed by atoms with Crippen LogP contribution in [0.1, 0.15) is 16.8 Å². The van der Waals surface area contributed by atoms with Gasteiger partial charge in [-0.05, 0) is 12.1 Å². The molecule has 6 nitrogen and oxygen atoms in total. The molecule has 0 radical (unpaired) electrons. The Labute approximate surface area is 142 Å². The fourth-order valence-corrected chi connectivity index (χ4v) is 3.67. The molecular formula is C15H15F3N2O4S. The van der Waals surface area contributed by atoms with E-state index in [0.29, 0.717) is 0 Å². The summed E-state index contributed by atoms with van der Waals surface area (Å²) in [4.78, 5) is 23.9. The van der Waals surface area contributed by atoms with Crippen LogP contribution in [0.2, 0.25) is 0 Å². The zero-order valence-corrected chi connectivity index (χ0v) is 13.7. The van der Waals surface area contributed by atoms with Gasteiger partial charge in [-0.1, -0.05) is 18.2 Å². The van der Waals surface area contributed by atoms with E-state index in [1.807, 2.05) is 0 Å². The van der Waals surface area contributed by atoms with Gasteiger partial charge in [0.25, 0.3) is 5.91 Å². The molecular weight excluding hydrogens is 361 g/mol. The fourth-order valence-electron chi connectivity index (χ4n) is 2.27. The second-order valence-corrected chi connectivity index (χ2v) is 7.45. The van der Waals surface area contributed by atoms with Gasteiger partial charge in [-0.3, -0.25) is 9.59 Å². The number of benzene rings is 1. The summed E-state index contributed by atoms with van der Waals surface area (Å²) < 4.78 is 59.2.